The molecule has 4 nitrogen and oxygen atoms in total. The second kappa shape index (κ2) is 12.8. The van der Waals surface area contributed by atoms with Gasteiger partial charge in [0.25, 0.3) is 0 Å². The molecule has 0 saturated heterocycles. The van der Waals surface area contributed by atoms with Crippen LogP contribution in [0.2, 0.25) is 0 Å². The van der Waals surface area contributed by atoms with Gasteiger partial charge in [-0.05, 0) is 71.7 Å². The molecule has 2 N–H and O–H groups in total. The van der Waals surface area contributed by atoms with E-state index in [1.54, 1.807) is 0 Å². The summed E-state index contributed by atoms with van der Waals surface area (Å²) >= 11 is -1.82. The van der Waals surface area contributed by atoms with Crippen LogP contribution in [-0.4, -0.2) is 55.5 Å². The molecule has 0 bridgehead atoms. The van der Waals surface area contributed by atoms with Crippen LogP contribution in [0.1, 0.15) is 66.2 Å². The fourth-order valence-corrected chi connectivity index (χ4v) is 5.99. The molecular weight excluding hydrogens is 344 g/mol. The van der Waals surface area contributed by atoms with Gasteiger partial charge in [0, 0.05) is 13.2 Å². The van der Waals surface area contributed by atoms with Crippen LogP contribution in [0.15, 0.2) is 0 Å². The molecule has 0 fully saturated rings. The predicted octanol–water partition coefficient (Wildman–Crippen LogP) is 2.86. The molecule has 0 aliphatic heterocycles. The van der Waals surface area contributed by atoms with Gasteiger partial charge in [0.2, 0.25) is 0 Å². The summed E-state index contributed by atoms with van der Waals surface area (Å²) in [5.41, 5.74) is 0.211. The minimum absolute atomic E-state index is 0.105. The van der Waals surface area contributed by atoms with E-state index in [1.165, 1.54) is 0 Å². The molecule has 146 valence electrons. The van der Waals surface area contributed by atoms with E-state index in [0.717, 1.165) is 38.5 Å². The van der Waals surface area contributed by atoms with Crippen molar-refractivity contribution in [3.8, 4) is 0 Å². The fourth-order valence-electron chi connectivity index (χ4n) is 2.54. The highest BCUT2D eigenvalue weighted by atomic mass is 32.2. The van der Waals surface area contributed by atoms with E-state index in [1.807, 2.05) is 0 Å². The molecule has 2 atom stereocenters. The number of aliphatic hydroxyl groups is 2. The number of rotatable bonds is 15. The lowest BCUT2D eigenvalue weighted by Gasteiger charge is -2.26. The first kappa shape index (κ1) is 24.5. The number of aliphatic hydroxyl groups excluding tert-OH is 2. The molecule has 0 rings (SSSR count). The lowest BCUT2D eigenvalue weighted by molar-refractivity contribution is 0.237. The maximum absolute atomic E-state index is 12.1. The van der Waals surface area contributed by atoms with Crippen LogP contribution < -0.4 is 0 Å². The second-order valence-electron chi connectivity index (χ2n) is 8.18. The minimum atomic E-state index is -0.911. The van der Waals surface area contributed by atoms with E-state index in [4.69, 9.17) is 10.2 Å². The average Bonchev–Trinajstić information content (AvgIpc) is 2.53. The minimum Gasteiger partial charge on any atom is -0.616 e. The Kier molecular flexibility index (Phi) is 13.1. The second-order valence-corrected chi connectivity index (χ2v) is 11.6. The lowest BCUT2D eigenvalue weighted by Crippen LogP contribution is -2.26. The van der Waals surface area contributed by atoms with Crippen LogP contribution in [0.5, 0.6) is 0 Å². The van der Waals surface area contributed by atoms with Crippen LogP contribution in [-0.2, 0) is 22.4 Å². The Morgan fingerprint density at radius 2 is 0.958 bits per heavy atom. The maximum atomic E-state index is 12.1. The molecule has 0 aliphatic rings. The molecule has 0 aromatic carbocycles. The maximum Gasteiger partial charge on any atom is 0.149 e. The Morgan fingerprint density at radius 3 is 1.25 bits per heavy atom. The molecule has 0 heterocycles. The molecule has 0 aliphatic carbocycles. The molecule has 0 aromatic heterocycles. The van der Waals surface area contributed by atoms with Gasteiger partial charge < -0.3 is 19.3 Å². The van der Waals surface area contributed by atoms with Gasteiger partial charge >= 0.3 is 0 Å². The Bertz CT molecular complexity index is 281. The normalized spacial score (nSPS) is 15.5. The summed E-state index contributed by atoms with van der Waals surface area (Å²) in [6, 6.07) is 0. The molecule has 0 spiro atoms. The highest BCUT2D eigenvalue weighted by Gasteiger charge is 2.23. The largest absolute Gasteiger partial charge is 0.616 e. The molecule has 6 heteroatoms. The van der Waals surface area contributed by atoms with Crippen molar-refractivity contribution in [1.29, 1.82) is 0 Å². The van der Waals surface area contributed by atoms with Crippen molar-refractivity contribution in [1.82, 2.24) is 0 Å². The summed E-state index contributed by atoms with van der Waals surface area (Å²) in [4.78, 5) is 0. The van der Waals surface area contributed by atoms with Crippen molar-refractivity contribution in [2.75, 3.05) is 36.2 Å². The van der Waals surface area contributed by atoms with Gasteiger partial charge in [-0.25, -0.2) is 0 Å². The van der Waals surface area contributed by atoms with E-state index in [9.17, 15) is 9.11 Å². The number of hydrogen-bond donors (Lipinski definition) is 2. The standard InChI is InChI=1S/C18H38O4S2/c1-17(2,7-5-11-19)9-13-23(21)15-16-24(22)14-10-18(3,4)8-6-12-20/h19-20H,5-16H2,1-4H3. The van der Waals surface area contributed by atoms with Gasteiger partial charge in [0.1, 0.15) is 23.0 Å². The van der Waals surface area contributed by atoms with Crippen LogP contribution in [0.4, 0.5) is 0 Å². The van der Waals surface area contributed by atoms with Crippen molar-refractivity contribution < 1.29 is 19.3 Å². The van der Waals surface area contributed by atoms with Gasteiger partial charge in [-0.2, -0.15) is 0 Å². The molecule has 2 unspecified atom stereocenters. The van der Waals surface area contributed by atoms with E-state index in [0.29, 0.717) is 23.0 Å². The molecular formula is C18H38O4S2. The topological polar surface area (TPSA) is 86.6 Å². The van der Waals surface area contributed by atoms with Crippen LogP contribution in [0.3, 0.4) is 0 Å². The third-order valence-electron chi connectivity index (χ3n) is 4.58. The summed E-state index contributed by atoms with van der Waals surface area (Å²) in [5.74, 6) is 2.33. The summed E-state index contributed by atoms with van der Waals surface area (Å²) in [6.45, 7) is 9.00. The van der Waals surface area contributed by atoms with Gasteiger partial charge in [-0.3, -0.25) is 0 Å². The van der Waals surface area contributed by atoms with E-state index in [-0.39, 0.29) is 24.0 Å². The van der Waals surface area contributed by atoms with Crippen molar-refractivity contribution in [2.45, 2.75) is 66.2 Å². The first-order valence-corrected chi connectivity index (χ1v) is 12.0. The zero-order valence-corrected chi connectivity index (χ0v) is 17.6. The van der Waals surface area contributed by atoms with Crippen LogP contribution in [0.25, 0.3) is 0 Å². The first-order chi connectivity index (χ1) is 11.1. The molecule has 0 radical (unpaired) electrons. The third-order valence-corrected chi connectivity index (χ3v) is 7.47. The SMILES string of the molecule is CC(C)(CCCO)CC[S+]([O-])CC[S+]([O-])CCC(C)(C)CCCO. The Morgan fingerprint density at radius 1 is 0.625 bits per heavy atom. The Hall–Kier alpha value is 0.540. The lowest BCUT2D eigenvalue weighted by atomic mass is 9.85. The fraction of sp³-hybridized carbons (Fsp3) is 1.00. The van der Waals surface area contributed by atoms with E-state index in [2.05, 4.69) is 27.7 Å². The van der Waals surface area contributed by atoms with Gasteiger partial charge in [-0.1, -0.05) is 27.7 Å². The summed E-state index contributed by atoms with van der Waals surface area (Å²) < 4.78 is 24.2. The molecule has 0 aromatic rings. The zero-order chi connectivity index (χ0) is 18.6. The van der Waals surface area contributed by atoms with Crippen LogP contribution in [0, 0.1) is 10.8 Å². The molecule has 0 amide bonds. The monoisotopic (exact) mass is 382 g/mol. The van der Waals surface area contributed by atoms with Crippen LogP contribution >= 0.6 is 0 Å². The Labute approximate surface area is 155 Å². The smallest absolute Gasteiger partial charge is 0.149 e. The molecule has 0 saturated carbocycles. The first-order valence-electron chi connectivity index (χ1n) is 9.03. The van der Waals surface area contributed by atoms with Gasteiger partial charge in [0.05, 0.1) is 0 Å². The van der Waals surface area contributed by atoms with Crippen molar-refractivity contribution in [2.24, 2.45) is 10.8 Å². The number of hydrogen-bond acceptors (Lipinski definition) is 4. The van der Waals surface area contributed by atoms with Gasteiger partial charge in [-0.15, -0.1) is 0 Å². The summed E-state index contributed by atoms with van der Waals surface area (Å²) in [7, 11) is 0. The summed E-state index contributed by atoms with van der Waals surface area (Å²) in [6.07, 6.45) is 5.21. The predicted molar refractivity (Wildman–Crippen MR) is 105 cm³/mol. The third kappa shape index (κ3) is 13.8. The molecule has 24 heavy (non-hydrogen) atoms. The van der Waals surface area contributed by atoms with Crippen molar-refractivity contribution in [3.05, 3.63) is 0 Å². The van der Waals surface area contributed by atoms with Crippen molar-refractivity contribution >= 4 is 22.4 Å². The van der Waals surface area contributed by atoms with Gasteiger partial charge in [0.15, 0.2) is 0 Å². The van der Waals surface area contributed by atoms with E-state index < -0.39 is 22.4 Å². The van der Waals surface area contributed by atoms with E-state index >= 15 is 0 Å². The summed E-state index contributed by atoms with van der Waals surface area (Å²) in [5, 5.41) is 17.8. The highest BCUT2D eigenvalue weighted by Crippen LogP contribution is 2.28. The Balaban J connectivity index is 3.91. The highest BCUT2D eigenvalue weighted by molar-refractivity contribution is 7.95. The average molecular weight is 383 g/mol. The zero-order valence-electron chi connectivity index (χ0n) is 16.0. The quantitative estimate of drug-likeness (QED) is 0.426. The van der Waals surface area contributed by atoms with Crippen molar-refractivity contribution in [3.63, 3.8) is 0 Å².